The summed E-state index contributed by atoms with van der Waals surface area (Å²) in [5, 5.41) is 2.95. The summed E-state index contributed by atoms with van der Waals surface area (Å²) in [5.74, 6) is 1.24. The van der Waals surface area contributed by atoms with Gasteiger partial charge < -0.3 is 14.8 Å². The van der Waals surface area contributed by atoms with Crippen molar-refractivity contribution in [2.45, 2.75) is 33.1 Å². The van der Waals surface area contributed by atoms with Crippen molar-refractivity contribution in [3.63, 3.8) is 0 Å². The zero-order chi connectivity index (χ0) is 19.8. The minimum Gasteiger partial charge on any atom is -0.491 e. The molecule has 0 spiro atoms. The summed E-state index contributed by atoms with van der Waals surface area (Å²) >= 11 is 0. The van der Waals surface area contributed by atoms with E-state index in [2.05, 4.69) is 5.32 Å². The van der Waals surface area contributed by atoms with Gasteiger partial charge in [0.05, 0.1) is 11.7 Å². The summed E-state index contributed by atoms with van der Waals surface area (Å²) in [6.07, 6.45) is 0.137. The molecule has 0 fully saturated rings. The molecule has 28 heavy (non-hydrogen) atoms. The Hall–Kier alpha value is -3.27. The van der Waals surface area contributed by atoms with E-state index < -0.39 is 0 Å². The highest BCUT2D eigenvalue weighted by atomic mass is 16.5. The van der Waals surface area contributed by atoms with Crippen LogP contribution < -0.4 is 14.8 Å². The van der Waals surface area contributed by atoms with Crippen LogP contribution in [0.5, 0.6) is 11.5 Å². The molecule has 0 aliphatic carbocycles. The monoisotopic (exact) mass is 375 g/mol. The van der Waals surface area contributed by atoms with Crippen molar-refractivity contribution in [1.29, 1.82) is 0 Å². The predicted molar refractivity (Wildman–Crippen MR) is 111 cm³/mol. The largest absolute Gasteiger partial charge is 0.491 e. The number of carbonyl (C=O) groups excluding carboxylic acids is 1. The van der Waals surface area contributed by atoms with Gasteiger partial charge in [0.1, 0.15) is 18.1 Å². The van der Waals surface area contributed by atoms with E-state index in [4.69, 9.17) is 9.47 Å². The van der Waals surface area contributed by atoms with Crippen molar-refractivity contribution >= 4 is 5.91 Å². The first-order chi connectivity index (χ1) is 13.6. The van der Waals surface area contributed by atoms with Gasteiger partial charge in [-0.05, 0) is 49.2 Å². The Kier molecular flexibility index (Phi) is 6.68. The minimum absolute atomic E-state index is 0.137. The Morgan fingerprint density at radius 1 is 0.857 bits per heavy atom. The summed E-state index contributed by atoms with van der Waals surface area (Å²) in [6.45, 7) is 4.84. The third-order valence-electron chi connectivity index (χ3n) is 4.12. The van der Waals surface area contributed by atoms with Gasteiger partial charge in [-0.15, -0.1) is 0 Å². The van der Waals surface area contributed by atoms with Gasteiger partial charge in [0.25, 0.3) is 5.91 Å². The Morgan fingerprint density at radius 2 is 1.54 bits per heavy atom. The Labute approximate surface area is 166 Å². The summed E-state index contributed by atoms with van der Waals surface area (Å²) in [7, 11) is 0. The van der Waals surface area contributed by atoms with Crippen LogP contribution in [0.2, 0.25) is 0 Å². The van der Waals surface area contributed by atoms with E-state index in [1.165, 1.54) is 0 Å². The Morgan fingerprint density at radius 3 is 2.25 bits per heavy atom. The second-order valence-electron chi connectivity index (χ2n) is 6.76. The van der Waals surface area contributed by atoms with Gasteiger partial charge in [0.15, 0.2) is 0 Å². The summed E-state index contributed by atoms with van der Waals surface area (Å²) in [6, 6.07) is 24.9. The van der Waals surface area contributed by atoms with E-state index in [0.29, 0.717) is 24.5 Å². The Bertz CT molecular complexity index is 889. The zero-order valence-corrected chi connectivity index (χ0v) is 16.2. The van der Waals surface area contributed by atoms with Gasteiger partial charge in [-0.1, -0.05) is 54.6 Å². The van der Waals surface area contributed by atoms with Gasteiger partial charge >= 0.3 is 0 Å². The molecule has 0 heterocycles. The van der Waals surface area contributed by atoms with E-state index in [1.54, 1.807) is 6.07 Å². The van der Waals surface area contributed by atoms with Crippen LogP contribution in [-0.2, 0) is 13.2 Å². The first-order valence-corrected chi connectivity index (χ1v) is 9.41. The number of rotatable bonds is 8. The molecule has 0 aliphatic heterocycles. The molecule has 1 amide bonds. The fraction of sp³-hybridized carbons (Fsp3) is 0.208. The lowest BCUT2D eigenvalue weighted by Gasteiger charge is -2.13. The smallest absolute Gasteiger partial charge is 0.255 e. The van der Waals surface area contributed by atoms with Crippen LogP contribution in [0.15, 0.2) is 78.9 Å². The molecule has 0 bridgehead atoms. The van der Waals surface area contributed by atoms with Gasteiger partial charge in [-0.3, -0.25) is 4.79 Å². The average molecular weight is 375 g/mol. The molecule has 0 unspecified atom stereocenters. The van der Waals surface area contributed by atoms with Crippen molar-refractivity contribution in [3.05, 3.63) is 95.6 Å². The highest BCUT2D eigenvalue weighted by molar-refractivity contribution is 5.96. The minimum atomic E-state index is -0.161. The third kappa shape index (κ3) is 5.61. The first kappa shape index (κ1) is 19.5. The van der Waals surface area contributed by atoms with Gasteiger partial charge in [0, 0.05) is 6.54 Å². The van der Waals surface area contributed by atoms with Crippen LogP contribution in [0.4, 0.5) is 0 Å². The molecule has 0 atom stereocenters. The summed E-state index contributed by atoms with van der Waals surface area (Å²) in [5.41, 5.74) is 2.59. The van der Waals surface area contributed by atoms with E-state index in [9.17, 15) is 4.79 Å². The zero-order valence-electron chi connectivity index (χ0n) is 16.2. The Balaban J connectivity index is 1.59. The number of hydrogen-bond donors (Lipinski definition) is 1. The van der Waals surface area contributed by atoms with E-state index >= 15 is 0 Å². The predicted octanol–water partition coefficient (Wildman–Crippen LogP) is 4.98. The molecule has 4 nitrogen and oxygen atoms in total. The van der Waals surface area contributed by atoms with Crippen molar-refractivity contribution in [2.75, 3.05) is 0 Å². The van der Waals surface area contributed by atoms with Crippen LogP contribution in [0.3, 0.4) is 0 Å². The van der Waals surface area contributed by atoms with Crippen molar-refractivity contribution in [3.8, 4) is 11.5 Å². The molecule has 3 aromatic rings. The third-order valence-corrected chi connectivity index (χ3v) is 4.12. The second-order valence-corrected chi connectivity index (χ2v) is 6.76. The number of benzene rings is 3. The summed E-state index contributed by atoms with van der Waals surface area (Å²) < 4.78 is 11.5. The molecule has 0 saturated carbocycles. The van der Waals surface area contributed by atoms with Crippen molar-refractivity contribution in [1.82, 2.24) is 5.32 Å². The molecule has 3 rings (SSSR count). The standard InChI is InChI=1S/C24H25NO3/c1-18(2)28-21-14-12-19(13-15-21)16-25-24(26)22-10-6-7-11-23(22)27-17-20-8-4-3-5-9-20/h3-15,18H,16-17H2,1-2H3,(H,25,26). The molecule has 0 aliphatic rings. The highest BCUT2D eigenvalue weighted by Crippen LogP contribution is 2.20. The lowest BCUT2D eigenvalue weighted by Crippen LogP contribution is -2.23. The summed E-state index contributed by atoms with van der Waals surface area (Å²) in [4.78, 5) is 12.6. The second kappa shape index (κ2) is 9.60. The maximum Gasteiger partial charge on any atom is 0.255 e. The van der Waals surface area contributed by atoms with E-state index in [0.717, 1.165) is 16.9 Å². The van der Waals surface area contributed by atoms with Gasteiger partial charge in [-0.25, -0.2) is 0 Å². The maximum absolute atomic E-state index is 12.6. The lowest BCUT2D eigenvalue weighted by molar-refractivity contribution is 0.0946. The maximum atomic E-state index is 12.6. The van der Waals surface area contributed by atoms with Crippen LogP contribution >= 0.6 is 0 Å². The topological polar surface area (TPSA) is 47.6 Å². The number of para-hydroxylation sites is 1. The molecule has 0 aromatic heterocycles. The molecule has 3 aromatic carbocycles. The van der Waals surface area contributed by atoms with Crippen LogP contribution in [0, 0.1) is 0 Å². The van der Waals surface area contributed by atoms with Gasteiger partial charge in [0.2, 0.25) is 0 Å². The molecular formula is C24H25NO3. The molecule has 0 radical (unpaired) electrons. The van der Waals surface area contributed by atoms with E-state index in [-0.39, 0.29) is 12.0 Å². The number of amides is 1. The fourth-order valence-corrected chi connectivity index (χ4v) is 2.75. The molecule has 0 saturated heterocycles. The molecular weight excluding hydrogens is 350 g/mol. The van der Waals surface area contributed by atoms with Crippen LogP contribution in [0.25, 0.3) is 0 Å². The number of hydrogen-bond acceptors (Lipinski definition) is 3. The first-order valence-electron chi connectivity index (χ1n) is 9.41. The molecule has 144 valence electrons. The number of ether oxygens (including phenoxy) is 2. The lowest BCUT2D eigenvalue weighted by atomic mass is 10.1. The fourth-order valence-electron chi connectivity index (χ4n) is 2.75. The molecule has 1 N–H and O–H groups in total. The van der Waals surface area contributed by atoms with Crippen molar-refractivity contribution in [2.24, 2.45) is 0 Å². The number of carbonyl (C=O) groups is 1. The highest BCUT2D eigenvalue weighted by Gasteiger charge is 2.12. The normalized spacial score (nSPS) is 10.5. The number of nitrogens with one attached hydrogen (secondary N) is 1. The van der Waals surface area contributed by atoms with Crippen LogP contribution in [0.1, 0.15) is 35.3 Å². The van der Waals surface area contributed by atoms with Crippen molar-refractivity contribution < 1.29 is 14.3 Å². The quantitative estimate of drug-likeness (QED) is 0.604. The SMILES string of the molecule is CC(C)Oc1ccc(CNC(=O)c2ccccc2OCc2ccccc2)cc1. The van der Waals surface area contributed by atoms with Crippen LogP contribution in [-0.4, -0.2) is 12.0 Å². The van der Waals surface area contributed by atoms with Gasteiger partial charge in [-0.2, -0.15) is 0 Å². The van der Waals surface area contributed by atoms with E-state index in [1.807, 2.05) is 86.6 Å². The molecule has 4 heteroatoms. The average Bonchev–Trinajstić information content (AvgIpc) is 2.72.